The molecule has 0 aromatic heterocycles. The van der Waals surface area contributed by atoms with Crippen molar-refractivity contribution in [1.82, 2.24) is 10.2 Å². The zero-order valence-corrected chi connectivity index (χ0v) is 14.3. The standard InChI is InChI=1S/C16H32N2O3/c1-13(12-20-5)10-17-8-6-14-7-9-18(11-14)15(19)21-16(2,3)4/h13-14,17H,6-12H2,1-5H3. The van der Waals surface area contributed by atoms with Gasteiger partial charge in [0.2, 0.25) is 0 Å². The van der Waals surface area contributed by atoms with E-state index in [1.165, 1.54) is 0 Å². The van der Waals surface area contributed by atoms with Crippen molar-refractivity contribution in [1.29, 1.82) is 0 Å². The van der Waals surface area contributed by atoms with Gasteiger partial charge in [0.1, 0.15) is 5.60 Å². The summed E-state index contributed by atoms with van der Waals surface area (Å²) in [5.41, 5.74) is -0.409. The zero-order chi connectivity index (χ0) is 15.9. The maximum absolute atomic E-state index is 12.0. The van der Waals surface area contributed by atoms with Crippen molar-refractivity contribution < 1.29 is 14.3 Å². The molecule has 124 valence electrons. The van der Waals surface area contributed by atoms with Gasteiger partial charge in [-0.25, -0.2) is 4.79 Å². The molecule has 1 aliphatic heterocycles. The molecule has 21 heavy (non-hydrogen) atoms. The van der Waals surface area contributed by atoms with E-state index >= 15 is 0 Å². The van der Waals surface area contributed by atoms with Gasteiger partial charge in [0, 0.05) is 26.8 Å². The van der Waals surface area contributed by atoms with Crippen LogP contribution in [0.25, 0.3) is 0 Å². The number of likely N-dealkylation sites (tertiary alicyclic amines) is 1. The first kappa shape index (κ1) is 18.2. The van der Waals surface area contributed by atoms with Gasteiger partial charge in [0.25, 0.3) is 0 Å². The van der Waals surface area contributed by atoms with Crippen molar-refractivity contribution in [3.05, 3.63) is 0 Å². The molecule has 1 amide bonds. The van der Waals surface area contributed by atoms with Gasteiger partial charge in [-0.3, -0.25) is 0 Å². The van der Waals surface area contributed by atoms with Gasteiger partial charge in [0.05, 0.1) is 0 Å². The molecular formula is C16H32N2O3. The summed E-state index contributed by atoms with van der Waals surface area (Å²) in [6.07, 6.45) is 2.01. The van der Waals surface area contributed by atoms with E-state index in [0.717, 1.165) is 45.6 Å². The number of hydrogen-bond donors (Lipinski definition) is 1. The Hall–Kier alpha value is -0.810. The minimum atomic E-state index is -0.409. The highest BCUT2D eigenvalue weighted by atomic mass is 16.6. The van der Waals surface area contributed by atoms with Crippen molar-refractivity contribution in [3.8, 4) is 0 Å². The predicted molar refractivity (Wildman–Crippen MR) is 84.4 cm³/mol. The third-order valence-corrected chi connectivity index (χ3v) is 3.61. The average Bonchev–Trinajstić information content (AvgIpc) is 2.82. The number of nitrogens with zero attached hydrogens (tertiary/aromatic N) is 1. The molecule has 5 heteroatoms. The Kier molecular flexibility index (Phi) is 7.46. The third kappa shape index (κ3) is 7.67. The van der Waals surface area contributed by atoms with E-state index in [9.17, 15) is 4.79 Å². The van der Waals surface area contributed by atoms with Crippen LogP contribution in [0.3, 0.4) is 0 Å². The van der Waals surface area contributed by atoms with Crippen LogP contribution < -0.4 is 5.32 Å². The van der Waals surface area contributed by atoms with Crippen LogP contribution in [0.5, 0.6) is 0 Å². The van der Waals surface area contributed by atoms with Gasteiger partial charge in [-0.1, -0.05) is 6.92 Å². The van der Waals surface area contributed by atoms with E-state index in [0.29, 0.717) is 11.8 Å². The number of carbonyl (C=O) groups excluding carboxylic acids is 1. The van der Waals surface area contributed by atoms with Crippen LogP contribution in [-0.4, -0.2) is 56.5 Å². The highest BCUT2D eigenvalue weighted by Crippen LogP contribution is 2.21. The molecule has 1 rings (SSSR count). The van der Waals surface area contributed by atoms with Crippen molar-refractivity contribution in [2.45, 2.75) is 46.1 Å². The summed E-state index contributed by atoms with van der Waals surface area (Å²) >= 11 is 0. The van der Waals surface area contributed by atoms with Crippen LogP contribution in [-0.2, 0) is 9.47 Å². The van der Waals surface area contributed by atoms with Gasteiger partial charge in [-0.2, -0.15) is 0 Å². The van der Waals surface area contributed by atoms with E-state index < -0.39 is 5.60 Å². The fraction of sp³-hybridized carbons (Fsp3) is 0.938. The number of carbonyl (C=O) groups is 1. The Labute approximate surface area is 129 Å². The summed E-state index contributed by atoms with van der Waals surface area (Å²) in [7, 11) is 1.74. The highest BCUT2D eigenvalue weighted by Gasteiger charge is 2.29. The molecule has 1 heterocycles. The summed E-state index contributed by atoms with van der Waals surface area (Å²) < 4.78 is 10.5. The molecule has 0 saturated carbocycles. The molecule has 1 aliphatic rings. The van der Waals surface area contributed by atoms with Crippen molar-refractivity contribution in [2.75, 3.05) is 39.9 Å². The van der Waals surface area contributed by atoms with Crippen LogP contribution in [0, 0.1) is 11.8 Å². The van der Waals surface area contributed by atoms with Gasteiger partial charge in [-0.05, 0) is 58.5 Å². The van der Waals surface area contributed by atoms with Crippen LogP contribution >= 0.6 is 0 Å². The van der Waals surface area contributed by atoms with Crippen molar-refractivity contribution in [2.24, 2.45) is 11.8 Å². The second-order valence-corrected chi connectivity index (χ2v) is 7.13. The molecule has 2 unspecified atom stereocenters. The highest BCUT2D eigenvalue weighted by molar-refractivity contribution is 5.68. The number of nitrogens with one attached hydrogen (secondary N) is 1. The minimum absolute atomic E-state index is 0.174. The van der Waals surface area contributed by atoms with Crippen LogP contribution in [0.2, 0.25) is 0 Å². The average molecular weight is 300 g/mol. The molecule has 0 aliphatic carbocycles. The van der Waals surface area contributed by atoms with E-state index in [2.05, 4.69) is 12.2 Å². The first-order valence-electron chi connectivity index (χ1n) is 7.99. The molecule has 0 aromatic rings. The number of ether oxygens (including phenoxy) is 2. The zero-order valence-electron chi connectivity index (χ0n) is 14.3. The van der Waals surface area contributed by atoms with E-state index in [-0.39, 0.29) is 6.09 Å². The lowest BCUT2D eigenvalue weighted by atomic mass is 10.1. The topological polar surface area (TPSA) is 50.8 Å². The fourth-order valence-electron chi connectivity index (χ4n) is 2.56. The monoisotopic (exact) mass is 300 g/mol. The van der Waals surface area contributed by atoms with Gasteiger partial charge >= 0.3 is 6.09 Å². The van der Waals surface area contributed by atoms with E-state index in [4.69, 9.17) is 9.47 Å². The maximum atomic E-state index is 12.0. The molecule has 1 N–H and O–H groups in total. The molecule has 1 fully saturated rings. The molecular weight excluding hydrogens is 268 g/mol. The first-order chi connectivity index (χ1) is 9.81. The molecule has 0 spiro atoms. The Bertz CT molecular complexity index is 315. The fourth-order valence-corrected chi connectivity index (χ4v) is 2.56. The SMILES string of the molecule is COCC(C)CNCCC1CCN(C(=O)OC(C)(C)C)C1. The number of hydrogen-bond acceptors (Lipinski definition) is 4. The molecule has 0 bridgehead atoms. The summed E-state index contributed by atoms with van der Waals surface area (Å²) in [6.45, 7) is 12.3. The van der Waals surface area contributed by atoms with Crippen LogP contribution in [0.4, 0.5) is 4.79 Å². The first-order valence-corrected chi connectivity index (χ1v) is 7.99. The molecule has 2 atom stereocenters. The number of rotatable bonds is 7. The van der Waals surface area contributed by atoms with Crippen molar-refractivity contribution in [3.63, 3.8) is 0 Å². The summed E-state index contributed by atoms with van der Waals surface area (Å²) in [4.78, 5) is 13.8. The maximum Gasteiger partial charge on any atom is 0.410 e. The van der Waals surface area contributed by atoms with E-state index in [1.54, 1.807) is 7.11 Å². The normalized spacial score (nSPS) is 20.6. The Morgan fingerprint density at radius 1 is 1.43 bits per heavy atom. The molecule has 1 saturated heterocycles. The largest absolute Gasteiger partial charge is 0.444 e. The molecule has 5 nitrogen and oxygen atoms in total. The second-order valence-electron chi connectivity index (χ2n) is 7.13. The van der Waals surface area contributed by atoms with Crippen LogP contribution in [0.15, 0.2) is 0 Å². The third-order valence-electron chi connectivity index (χ3n) is 3.61. The minimum Gasteiger partial charge on any atom is -0.444 e. The smallest absolute Gasteiger partial charge is 0.410 e. The molecule has 0 aromatic carbocycles. The quantitative estimate of drug-likeness (QED) is 0.734. The summed E-state index contributed by atoms with van der Waals surface area (Å²) in [5, 5.41) is 3.46. The van der Waals surface area contributed by atoms with Crippen molar-refractivity contribution >= 4 is 6.09 Å². The summed E-state index contributed by atoms with van der Waals surface area (Å²) in [5.74, 6) is 1.12. The molecule has 0 radical (unpaired) electrons. The lowest BCUT2D eigenvalue weighted by molar-refractivity contribution is 0.0287. The Morgan fingerprint density at radius 2 is 2.14 bits per heavy atom. The lowest BCUT2D eigenvalue weighted by Gasteiger charge is -2.24. The Morgan fingerprint density at radius 3 is 2.76 bits per heavy atom. The van der Waals surface area contributed by atoms with Crippen LogP contribution in [0.1, 0.15) is 40.5 Å². The van der Waals surface area contributed by atoms with Gasteiger partial charge < -0.3 is 19.7 Å². The number of methoxy groups -OCH3 is 1. The second kappa shape index (κ2) is 8.59. The lowest BCUT2D eigenvalue weighted by Crippen LogP contribution is -2.35. The van der Waals surface area contributed by atoms with Gasteiger partial charge in [-0.15, -0.1) is 0 Å². The predicted octanol–water partition coefficient (Wildman–Crippen LogP) is 2.51. The van der Waals surface area contributed by atoms with Gasteiger partial charge in [0.15, 0.2) is 0 Å². The number of amides is 1. The summed E-state index contributed by atoms with van der Waals surface area (Å²) in [6, 6.07) is 0. The Balaban J connectivity index is 2.16. The van der Waals surface area contributed by atoms with E-state index in [1.807, 2.05) is 25.7 Å².